The molecule has 0 radical (unpaired) electrons. The Kier molecular flexibility index (Phi) is 4.16. The standard InChI is InChI=1S/C22H25N5O/c1-16(28)27-11-8-20-21(24-15-23-20)22(27)9-12-26(13-10-22)14-18-7-6-17-4-2-3-5-19(17)25-18/h2-7,15H,8-14H2,1H3,(H,23,24). The van der Waals surface area contributed by atoms with Crippen molar-refractivity contribution in [2.75, 3.05) is 19.6 Å². The van der Waals surface area contributed by atoms with Crippen molar-refractivity contribution in [2.45, 2.75) is 38.3 Å². The molecule has 1 spiro atoms. The van der Waals surface area contributed by atoms with E-state index in [0.29, 0.717) is 0 Å². The van der Waals surface area contributed by atoms with Gasteiger partial charge in [-0.1, -0.05) is 24.3 Å². The van der Waals surface area contributed by atoms with Gasteiger partial charge in [0, 0.05) is 50.6 Å². The molecule has 0 unspecified atom stereocenters. The number of rotatable bonds is 2. The van der Waals surface area contributed by atoms with Gasteiger partial charge in [-0.25, -0.2) is 4.98 Å². The lowest BCUT2D eigenvalue weighted by atomic mass is 9.78. The van der Waals surface area contributed by atoms with E-state index in [1.54, 1.807) is 13.3 Å². The third-order valence-electron chi connectivity index (χ3n) is 6.37. The van der Waals surface area contributed by atoms with Gasteiger partial charge in [-0.2, -0.15) is 0 Å². The Balaban J connectivity index is 1.35. The molecule has 4 heterocycles. The van der Waals surface area contributed by atoms with E-state index in [-0.39, 0.29) is 11.4 Å². The van der Waals surface area contributed by atoms with Crippen LogP contribution in [0.4, 0.5) is 0 Å². The quantitative estimate of drug-likeness (QED) is 0.748. The van der Waals surface area contributed by atoms with Gasteiger partial charge >= 0.3 is 0 Å². The van der Waals surface area contributed by atoms with Gasteiger partial charge < -0.3 is 9.88 Å². The molecular formula is C22H25N5O. The van der Waals surface area contributed by atoms with Crippen molar-refractivity contribution >= 4 is 16.8 Å². The van der Waals surface area contributed by atoms with E-state index >= 15 is 0 Å². The van der Waals surface area contributed by atoms with E-state index in [9.17, 15) is 4.79 Å². The molecule has 3 aromatic rings. The number of pyridine rings is 1. The highest BCUT2D eigenvalue weighted by Crippen LogP contribution is 2.42. The SMILES string of the molecule is CC(=O)N1CCc2[nH]cnc2C12CCN(Cc1ccc3ccccc3n1)CC2. The number of nitrogens with one attached hydrogen (secondary N) is 1. The lowest BCUT2D eigenvalue weighted by Crippen LogP contribution is -2.57. The zero-order valence-corrected chi connectivity index (χ0v) is 16.2. The molecular weight excluding hydrogens is 350 g/mol. The first kappa shape index (κ1) is 17.4. The monoisotopic (exact) mass is 375 g/mol. The lowest BCUT2D eigenvalue weighted by Gasteiger charge is -2.50. The number of aromatic amines is 1. The zero-order chi connectivity index (χ0) is 19.1. The van der Waals surface area contributed by atoms with E-state index in [1.165, 1.54) is 11.1 Å². The summed E-state index contributed by atoms with van der Waals surface area (Å²) in [7, 11) is 0. The Labute approximate surface area is 164 Å². The van der Waals surface area contributed by atoms with Crippen LogP contribution in [-0.2, 0) is 23.3 Å². The average Bonchev–Trinajstić information content (AvgIpc) is 3.20. The van der Waals surface area contributed by atoms with Gasteiger partial charge in [-0.15, -0.1) is 0 Å². The number of para-hydroxylation sites is 1. The predicted molar refractivity (Wildman–Crippen MR) is 108 cm³/mol. The molecule has 6 nitrogen and oxygen atoms in total. The third-order valence-corrected chi connectivity index (χ3v) is 6.37. The minimum Gasteiger partial charge on any atom is -0.348 e. The second-order valence-corrected chi connectivity index (χ2v) is 7.95. The Morgan fingerprint density at radius 1 is 1.14 bits per heavy atom. The minimum atomic E-state index is -0.257. The molecule has 0 bridgehead atoms. The summed E-state index contributed by atoms with van der Waals surface area (Å²) in [6, 6.07) is 12.5. The average molecular weight is 375 g/mol. The first-order valence-electron chi connectivity index (χ1n) is 10.0. The van der Waals surface area contributed by atoms with Crippen LogP contribution in [0.15, 0.2) is 42.7 Å². The molecule has 2 aliphatic heterocycles. The van der Waals surface area contributed by atoms with Crippen molar-refractivity contribution in [1.29, 1.82) is 0 Å². The molecule has 2 aromatic heterocycles. The van der Waals surface area contributed by atoms with E-state index < -0.39 is 0 Å². The van der Waals surface area contributed by atoms with E-state index in [2.05, 4.69) is 44.0 Å². The fourth-order valence-electron chi connectivity index (χ4n) is 4.95. The maximum absolute atomic E-state index is 12.4. The molecule has 6 heteroatoms. The van der Waals surface area contributed by atoms with Gasteiger partial charge in [0.2, 0.25) is 5.91 Å². The Morgan fingerprint density at radius 2 is 1.96 bits per heavy atom. The normalized spacial score (nSPS) is 19.1. The van der Waals surface area contributed by atoms with Crippen LogP contribution in [0.1, 0.15) is 36.8 Å². The lowest BCUT2D eigenvalue weighted by molar-refractivity contribution is -0.139. The highest BCUT2D eigenvalue weighted by Gasteiger charge is 2.47. The molecule has 0 atom stereocenters. The summed E-state index contributed by atoms with van der Waals surface area (Å²) in [5, 5.41) is 1.18. The number of piperidine rings is 1. The minimum absolute atomic E-state index is 0.151. The smallest absolute Gasteiger partial charge is 0.220 e. The van der Waals surface area contributed by atoms with Crippen LogP contribution >= 0.6 is 0 Å². The second-order valence-electron chi connectivity index (χ2n) is 7.95. The van der Waals surface area contributed by atoms with Gasteiger partial charge in [-0.05, 0) is 25.0 Å². The third kappa shape index (κ3) is 2.79. The maximum atomic E-state index is 12.4. The maximum Gasteiger partial charge on any atom is 0.220 e. The highest BCUT2D eigenvalue weighted by atomic mass is 16.2. The topological polar surface area (TPSA) is 65.1 Å². The summed E-state index contributed by atoms with van der Waals surface area (Å²) in [5.74, 6) is 0.151. The zero-order valence-electron chi connectivity index (χ0n) is 16.2. The van der Waals surface area contributed by atoms with E-state index in [1.807, 2.05) is 12.1 Å². The van der Waals surface area contributed by atoms with Crippen molar-refractivity contribution in [3.8, 4) is 0 Å². The first-order chi connectivity index (χ1) is 13.7. The summed E-state index contributed by atoms with van der Waals surface area (Å²) in [5.41, 5.74) is 4.17. The predicted octanol–water partition coefficient (Wildman–Crippen LogP) is 2.85. The number of H-pyrrole nitrogens is 1. The second kappa shape index (κ2) is 6.71. The molecule has 2 aliphatic rings. The van der Waals surface area contributed by atoms with Crippen LogP contribution in [0, 0.1) is 0 Å². The summed E-state index contributed by atoms with van der Waals surface area (Å²) in [4.78, 5) is 29.6. The molecule has 1 N–H and O–H groups in total. The van der Waals surface area contributed by atoms with Crippen LogP contribution in [0.3, 0.4) is 0 Å². The first-order valence-corrected chi connectivity index (χ1v) is 10.0. The number of amides is 1. The van der Waals surface area contributed by atoms with Gasteiger partial charge in [0.1, 0.15) is 0 Å². The summed E-state index contributed by atoms with van der Waals surface area (Å²) in [6.07, 6.45) is 4.47. The Bertz CT molecular complexity index is 1020. The van der Waals surface area contributed by atoms with Crippen molar-refractivity contribution in [1.82, 2.24) is 24.8 Å². The number of likely N-dealkylation sites (tertiary alicyclic amines) is 1. The van der Waals surface area contributed by atoms with Crippen molar-refractivity contribution in [2.24, 2.45) is 0 Å². The molecule has 0 saturated carbocycles. The fourth-order valence-corrected chi connectivity index (χ4v) is 4.95. The van der Waals surface area contributed by atoms with Crippen LogP contribution in [0.2, 0.25) is 0 Å². The van der Waals surface area contributed by atoms with Gasteiger partial charge in [-0.3, -0.25) is 14.7 Å². The highest BCUT2D eigenvalue weighted by molar-refractivity contribution is 5.78. The number of aromatic nitrogens is 3. The van der Waals surface area contributed by atoms with Crippen LogP contribution in [-0.4, -0.2) is 50.3 Å². The summed E-state index contributed by atoms with van der Waals surface area (Å²) >= 11 is 0. The van der Waals surface area contributed by atoms with Crippen LogP contribution in [0.5, 0.6) is 0 Å². The number of benzene rings is 1. The molecule has 1 saturated heterocycles. The molecule has 28 heavy (non-hydrogen) atoms. The van der Waals surface area contributed by atoms with E-state index in [4.69, 9.17) is 4.98 Å². The molecule has 144 valence electrons. The number of hydrogen-bond donors (Lipinski definition) is 1. The van der Waals surface area contributed by atoms with Crippen molar-refractivity contribution < 1.29 is 4.79 Å². The number of imidazole rings is 1. The van der Waals surface area contributed by atoms with Gasteiger partial charge in [0.05, 0.1) is 28.8 Å². The molecule has 5 rings (SSSR count). The molecule has 1 aromatic carbocycles. The number of hydrogen-bond acceptors (Lipinski definition) is 4. The molecule has 1 amide bonds. The Morgan fingerprint density at radius 3 is 2.79 bits per heavy atom. The summed E-state index contributed by atoms with van der Waals surface area (Å²) < 4.78 is 0. The Hall–Kier alpha value is -2.73. The van der Waals surface area contributed by atoms with Gasteiger partial charge in [0.15, 0.2) is 0 Å². The molecule has 1 fully saturated rings. The van der Waals surface area contributed by atoms with Crippen LogP contribution < -0.4 is 0 Å². The number of carbonyl (C=O) groups excluding carboxylic acids is 1. The van der Waals surface area contributed by atoms with Gasteiger partial charge in [0.25, 0.3) is 0 Å². The number of fused-ring (bicyclic) bond motifs is 3. The number of carbonyl (C=O) groups is 1. The van der Waals surface area contributed by atoms with Crippen LogP contribution in [0.25, 0.3) is 10.9 Å². The molecule has 0 aliphatic carbocycles. The van der Waals surface area contributed by atoms with Crippen molar-refractivity contribution in [3.05, 3.63) is 59.8 Å². The summed E-state index contributed by atoms with van der Waals surface area (Å²) in [6.45, 7) is 5.17. The van der Waals surface area contributed by atoms with E-state index in [0.717, 1.165) is 62.3 Å². The fraction of sp³-hybridized carbons (Fsp3) is 0.409. The number of nitrogens with zero attached hydrogens (tertiary/aromatic N) is 4. The van der Waals surface area contributed by atoms with Crippen molar-refractivity contribution in [3.63, 3.8) is 0 Å². The largest absolute Gasteiger partial charge is 0.348 e.